The molecule has 2 nitrogen and oxygen atoms in total. The molecule has 1 amide bonds. The van der Waals surface area contributed by atoms with Crippen LogP contribution in [0, 0.1) is 18.3 Å². The van der Waals surface area contributed by atoms with Gasteiger partial charge in [-0.25, -0.2) is 0 Å². The van der Waals surface area contributed by atoms with Crippen molar-refractivity contribution in [3.05, 3.63) is 29.8 Å². The third-order valence-electron chi connectivity index (χ3n) is 2.49. The summed E-state index contributed by atoms with van der Waals surface area (Å²) in [6, 6.07) is 7.29. The van der Waals surface area contributed by atoms with Crippen LogP contribution in [-0.2, 0) is 4.79 Å². The molecule has 0 aliphatic rings. The van der Waals surface area contributed by atoms with E-state index in [1.165, 1.54) is 0 Å². The summed E-state index contributed by atoms with van der Waals surface area (Å²) in [5, 5.41) is 2.87. The fourth-order valence-electron chi connectivity index (χ4n) is 1.48. The fourth-order valence-corrected chi connectivity index (χ4v) is 1.48. The lowest BCUT2D eigenvalue weighted by Crippen LogP contribution is -2.20. The molecule has 1 unspecified atom stereocenters. The van der Waals surface area contributed by atoms with Crippen LogP contribution in [-0.4, -0.2) is 5.91 Å². The fraction of sp³-hybridized carbons (Fsp3) is 0.357. The Labute approximate surface area is 97.1 Å². The average molecular weight is 215 g/mol. The highest BCUT2D eigenvalue weighted by molar-refractivity contribution is 5.92. The molecule has 0 spiro atoms. The summed E-state index contributed by atoms with van der Waals surface area (Å²) in [7, 11) is 0. The van der Waals surface area contributed by atoms with Crippen molar-refractivity contribution in [2.45, 2.75) is 26.7 Å². The van der Waals surface area contributed by atoms with E-state index in [-0.39, 0.29) is 11.8 Å². The first kappa shape index (κ1) is 12.3. The monoisotopic (exact) mass is 215 g/mol. The summed E-state index contributed by atoms with van der Waals surface area (Å²) in [4.78, 5) is 11.7. The maximum Gasteiger partial charge on any atom is 0.227 e. The Hall–Kier alpha value is -1.75. The zero-order valence-electron chi connectivity index (χ0n) is 9.79. The largest absolute Gasteiger partial charge is 0.326 e. The van der Waals surface area contributed by atoms with Gasteiger partial charge in [-0.05, 0) is 30.7 Å². The molecule has 0 saturated carbocycles. The number of anilines is 1. The predicted octanol–water partition coefficient (Wildman–Crippen LogP) is 3.04. The summed E-state index contributed by atoms with van der Waals surface area (Å²) in [5.74, 6) is 2.66. The lowest BCUT2D eigenvalue weighted by molar-refractivity contribution is -0.119. The van der Waals surface area contributed by atoms with E-state index in [4.69, 9.17) is 6.42 Å². The van der Waals surface area contributed by atoms with E-state index >= 15 is 0 Å². The van der Waals surface area contributed by atoms with Crippen molar-refractivity contribution in [2.75, 3.05) is 5.32 Å². The van der Waals surface area contributed by atoms with Crippen molar-refractivity contribution >= 4 is 11.6 Å². The van der Waals surface area contributed by atoms with E-state index in [2.05, 4.69) is 18.2 Å². The maximum absolute atomic E-state index is 11.7. The van der Waals surface area contributed by atoms with Gasteiger partial charge in [0, 0.05) is 17.2 Å². The Morgan fingerprint density at radius 3 is 2.56 bits per heavy atom. The molecule has 0 radical (unpaired) electrons. The van der Waals surface area contributed by atoms with E-state index in [0.717, 1.165) is 24.1 Å². The lowest BCUT2D eigenvalue weighted by Gasteiger charge is -2.10. The van der Waals surface area contributed by atoms with Gasteiger partial charge in [0.25, 0.3) is 0 Å². The van der Waals surface area contributed by atoms with Gasteiger partial charge in [0.1, 0.15) is 0 Å². The highest BCUT2D eigenvalue weighted by atomic mass is 16.1. The normalized spacial score (nSPS) is 11.6. The van der Waals surface area contributed by atoms with Crippen molar-refractivity contribution < 1.29 is 4.79 Å². The summed E-state index contributed by atoms with van der Waals surface area (Å²) in [6.45, 7) is 4.01. The molecule has 1 aromatic carbocycles. The molecule has 0 saturated heterocycles. The molecular weight excluding hydrogens is 198 g/mol. The first-order valence-corrected chi connectivity index (χ1v) is 5.55. The van der Waals surface area contributed by atoms with Crippen LogP contribution in [0.15, 0.2) is 24.3 Å². The van der Waals surface area contributed by atoms with Gasteiger partial charge in [-0.15, -0.1) is 6.42 Å². The summed E-state index contributed by atoms with van der Waals surface area (Å²) < 4.78 is 0. The quantitative estimate of drug-likeness (QED) is 0.768. The Morgan fingerprint density at radius 1 is 1.44 bits per heavy atom. The van der Waals surface area contributed by atoms with Gasteiger partial charge in [0.2, 0.25) is 5.91 Å². The number of amides is 1. The van der Waals surface area contributed by atoms with E-state index in [1.807, 2.05) is 31.2 Å². The second-order valence-corrected chi connectivity index (χ2v) is 3.90. The van der Waals surface area contributed by atoms with Gasteiger partial charge in [0.15, 0.2) is 0 Å². The topological polar surface area (TPSA) is 29.1 Å². The minimum atomic E-state index is 0.0531. The third-order valence-corrected chi connectivity index (χ3v) is 2.49. The summed E-state index contributed by atoms with van der Waals surface area (Å²) in [6.07, 6.45) is 7.18. The minimum absolute atomic E-state index is 0.0531. The molecule has 1 rings (SSSR count). The van der Waals surface area contributed by atoms with Crippen LogP contribution < -0.4 is 5.32 Å². The molecule has 0 bridgehead atoms. The van der Waals surface area contributed by atoms with Crippen molar-refractivity contribution in [3.63, 3.8) is 0 Å². The molecule has 84 valence electrons. The zero-order chi connectivity index (χ0) is 12.0. The Morgan fingerprint density at radius 2 is 2.06 bits per heavy atom. The highest BCUT2D eigenvalue weighted by Crippen LogP contribution is 2.12. The Balaban J connectivity index is 2.60. The molecule has 0 fully saturated rings. The summed E-state index contributed by atoms with van der Waals surface area (Å²) in [5.41, 5.74) is 1.62. The zero-order valence-corrected chi connectivity index (χ0v) is 9.79. The Bertz CT molecular complexity index is 386. The number of hydrogen-bond donors (Lipinski definition) is 1. The van der Waals surface area contributed by atoms with Crippen LogP contribution in [0.4, 0.5) is 5.69 Å². The van der Waals surface area contributed by atoms with Gasteiger partial charge >= 0.3 is 0 Å². The van der Waals surface area contributed by atoms with Crippen LogP contribution in [0.2, 0.25) is 0 Å². The number of nitrogens with one attached hydrogen (secondary N) is 1. The first-order valence-electron chi connectivity index (χ1n) is 5.55. The maximum atomic E-state index is 11.7. The second kappa shape index (κ2) is 5.97. The smallest absolute Gasteiger partial charge is 0.227 e. The van der Waals surface area contributed by atoms with Gasteiger partial charge < -0.3 is 5.32 Å². The number of carbonyl (C=O) groups excluding carboxylic acids is 1. The number of hydrogen-bond acceptors (Lipinski definition) is 1. The molecule has 1 N–H and O–H groups in total. The summed E-state index contributed by atoms with van der Waals surface area (Å²) >= 11 is 0. The standard InChI is InChI=1S/C14H17NO/c1-4-6-11(3)14(16)15-13-9-7-12(5-2)8-10-13/h2,7-11H,4,6H2,1,3H3,(H,15,16). The molecule has 0 aliphatic heterocycles. The van der Waals surface area contributed by atoms with E-state index in [9.17, 15) is 4.79 Å². The average Bonchev–Trinajstić information content (AvgIpc) is 2.30. The molecule has 1 atom stereocenters. The Kier molecular flexibility index (Phi) is 4.60. The van der Waals surface area contributed by atoms with E-state index < -0.39 is 0 Å². The van der Waals surface area contributed by atoms with Crippen molar-refractivity contribution in [1.29, 1.82) is 0 Å². The number of carbonyl (C=O) groups is 1. The van der Waals surface area contributed by atoms with Crippen molar-refractivity contribution in [3.8, 4) is 12.3 Å². The first-order chi connectivity index (χ1) is 7.67. The molecular formula is C14H17NO. The molecule has 0 aliphatic carbocycles. The van der Waals surface area contributed by atoms with Gasteiger partial charge in [0.05, 0.1) is 0 Å². The third kappa shape index (κ3) is 3.43. The molecule has 0 heterocycles. The van der Waals surface area contributed by atoms with Crippen LogP contribution >= 0.6 is 0 Å². The van der Waals surface area contributed by atoms with Gasteiger partial charge in [-0.1, -0.05) is 26.2 Å². The predicted molar refractivity (Wildman–Crippen MR) is 67.1 cm³/mol. The van der Waals surface area contributed by atoms with Crippen LogP contribution in [0.5, 0.6) is 0 Å². The minimum Gasteiger partial charge on any atom is -0.326 e. The molecule has 1 aromatic rings. The molecule has 2 heteroatoms. The number of benzene rings is 1. The molecule has 16 heavy (non-hydrogen) atoms. The van der Waals surface area contributed by atoms with E-state index in [0.29, 0.717) is 0 Å². The second-order valence-electron chi connectivity index (χ2n) is 3.90. The highest BCUT2D eigenvalue weighted by Gasteiger charge is 2.11. The SMILES string of the molecule is C#Cc1ccc(NC(=O)C(C)CCC)cc1. The van der Waals surface area contributed by atoms with Crippen molar-refractivity contribution in [1.82, 2.24) is 0 Å². The van der Waals surface area contributed by atoms with E-state index in [1.54, 1.807) is 0 Å². The van der Waals surface area contributed by atoms with Gasteiger partial charge in [-0.3, -0.25) is 4.79 Å². The van der Waals surface area contributed by atoms with Crippen LogP contribution in [0.25, 0.3) is 0 Å². The lowest BCUT2D eigenvalue weighted by atomic mass is 10.1. The number of rotatable bonds is 4. The van der Waals surface area contributed by atoms with Crippen molar-refractivity contribution in [2.24, 2.45) is 5.92 Å². The molecule has 0 aromatic heterocycles. The van der Waals surface area contributed by atoms with Crippen LogP contribution in [0.1, 0.15) is 32.3 Å². The number of terminal acetylenes is 1. The van der Waals surface area contributed by atoms with Crippen LogP contribution in [0.3, 0.4) is 0 Å². The van der Waals surface area contributed by atoms with Gasteiger partial charge in [-0.2, -0.15) is 0 Å².